The monoisotopic (exact) mass is 433 g/mol. The minimum Gasteiger partial charge on any atom is -0.462 e. The van der Waals surface area contributed by atoms with Crippen molar-refractivity contribution in [2.24, 2.45) is 11.7 Å². The molecule has 1 aliphatic heterocycles. The fraction of sp³-hybridized carbons (Fsp3) is 0.556. The lowest BCUT2D eigenvalue weighted by molar-refractivity contribution is -0.126. The number of nitrogens with zero attached hydrogens (tertiary/aromatic N) is 1. The zero-order valence-electron chi connectivity index (χ0n) is 16.1. The predicted octanol–water partition coefficient (Wildman–Crippen LogP) is 1.07. The number of sulfonamides is 1. The number of amides is 1. The van der Waals surface area contributed by atoms with E-state index in [1.54, 1.807) is 26.0 Å². The molecular formula is C18H28ClN3O5S. The van der Waals surface area contributed by atoms with E-state index in [4.69, 9.17) is 10.5 Å². The van der Waals surface area contributed by atoms with Crippen LogP contribution in [-0.4, -0.2) is 57.4 Å². The molecule has 2 rings (SSSR count). The lowest BCUT2D eigenvalue weighted by atomic mass is 9.99. The summed E-state index contributed by atoms with van der Waals surface area (Å²) in [5.41, 5.74) is 6.13. The standard InChI is InChI=1S/C18H27N3O5S.ClH/c1-3-26-18(23)14-7-6-13(2)16(11-14)27(24,25)21-10-4-5-15(12-21)17(22)20-9-8-19;/h6-7,11,15H,3-5,8-10,12,19H2,1-2H3,(H,20,22);1H. The van der Waals surface area contributed by atoms with Crippen LogP contribution in [0.25, 0.3) is 0 Å². The Morgan fingerprint density at radius 2 is 2.07 bits per heavy atom. The Morgan fingerprint density at radius 1 is 1.36 bits per heavy atom. The number of hydrogen-bond acceptors (Lipinski definition) is 6. The van der Waals surface area contributed by atoms with Crippen molar-refractivity contribution in [3.05, 3.63) is 29.3 Å². The number of carbonyl (C=O) groups is 2. The van der Waals surface area contributed by atoms with E-state index in [2.05, 4.69) is 5.32 Å². The van der Waals surface area contributed by atoms with E-state index in [0.717, 1.165) is 0 Å². The van der Waals surface area contributed by atoms with Crippen molar-refractivity contribution in [2.45, 2.75) is 31.6 Å². The first-order valence-electron chi connectivity index (χ1n) is 9.07. The lowest BCUT2D eigenvalue weighted by Crippen LogP contribution is -2.46. The summed E-state index contributed by atoms with van der Waals surface area (Å²) >= 11 is 0. The van der Waals surface area contributed by atoms with E-state index in [-0.39, 0.29) is 41.9 Å². The lowest BCUT2D eigenvalue weighted by Gasteiger charge is -2.31. The number of carbonyl (C=O) groups excluding carboxylic acids is 2. The van der Waals surface area contributed by atoms with Crippen LogP contribution in [0.2, 0.25) is 0 Å². The number of esters is 1. The molecule has 28 heavy (non-hydrogen) atoms. The molecule has 1 aliphatic rings. The third kappa shape index (κ3) is 5.66. The van der Waals surface area contributed by atoms with E-state index in [0.29, 0.717) is 38.0 Å². The van der Waals surface area contributed by atoms with Crippen molar-refractivity contribution in [3.63, 3.8) is 0 Å². The number of ether oxygens (including phenoxy) is 1. The fourth-order valence-corrected chi connectivity index (χ4v) is 4.85. The molecule has 3 N–H and O–H groups in total. The quantitative estimate of drug-likeness (QED) is 0.621. The molecule has 158 valence electrons. The summed E-state index contributed by atoms with van der Waals surface area (Å²) in [5, 5.41) is 2.72. The maximum Gasteiger partial charge on any atom is 0.338 e. The number of benzene rings is 1. The van der Waals surface area contributed by atoms with E-state index in [9.17, 15) is 18.0 Å². The van der Waals surface area contributed by atoms with Gasteiger partial charge in [-0.05, 0) is 44.4 Å². The Bertz CT molecular complexity index is 800. The number of aryl methyl sites for hydroxylation is 1. The second kappa shape index (κ2) is 10.8. The number of nitrogens with two attached hydrogens (primary N) is 1. The van der Waals surface area contributed by atoms with E-state index in [1.807, 2.05) is 0 Å². The van der Waals surface area contributed by atoms with Crippen LogP contribution in [0.4, 0.5) is 0 Å². The van der Waals surface area contributed by atoms with Gasteiger partial charge < -0.3 is 15.8 Å². The molecule has 0 saturated carbocycles. The molecule has 1 aromatic rings. The van der Waals surface area contributed by atoms with Gasteiger partial charge in [0.25, 0.3) is 0 Å². The van der Waals surface area contributed by atoms with Crippen LogP contribution in [0.1, 0.15) is 35.7 Å². The number of nitrogens with one attached hydrogen (secondary N) is 1. The van der Waals surface area contributed by atoms with Gasteiger partial charge in [0, 0.05) is 26.2 Å². The van der Waals surface area contributed by atoms with Crippen LogP contribution in [0, 0.1) is 12.8 Å². The normalized spacial score (nSPS) is 17.5. The molecule has 0 spiro atoms. The number of halogens is 1. The zero-order chi connectivity index (χ0) is 20.0. The SMILES string of the molecule is CCOC(=O)c1ccc(C)c(S(=O)(=O)N2CCCC(C(=O)NCCN)C2)c1.Cl. The van der Waals surface area contributed by atoms with Gasteiger partial charge in [-0.1, -0.05) is 6.07 Å². The van der Waals surface area contributed by atoms with Gasteiger partial charge in [-0.3, -0.25) is 4.79 Å². The van der Waals surface area contributed by atoms with Crippen molar-refractivity contribution >= 4 is 34.3 Å². The molecule has 0 aromatic heterocycles. The van der Waals surface area contributed by atoms with Crippen molar-refractivity contribution in [1.82, 2.24) is 9.62 Å². The zero-order valence-corrected chi connectivity index (χ0v) is 17.8. The van der Waals surface area contributed by atoms with Gasteiger partial charge in [-0.2, -0.15) is 4.31 Å². The van der Waals surface area contributed by atoms with E-state index < -0.39 is 21.9 Å². The minimum absolute atomic E-state index is 0. The van der Waals surface area contributed by atoms with Crippen LogP contribution in [0.5, 0.6) is 0 Å². The number of hydrogen-bond donors (Lipinski definition) is 2. The van der Waals surface area contributed by atoms with Gasteiger partial charge >= 0.3 is 5.97 Å². The predicted molar refractivity (Wildman–Crippen MR) is 108 cm³/mol. The number of rotatable bonds is 7. The topological polar surface area (TPSA) is 119 Å². The molecule has 1 atom stereocenters. The highest BCUT2D eigenvalue weighted by atomic mass is 35.5. The second-order valence-electron chi connectivity index (χ2n) is 6.48. The van der Waals surface area contributed by atoms with Crippen molar-refractivity contribution in [2.75, 3.05) is 32.8 Å². The first kappa shape index (κ1) is 24.4. The van der Waals surface area contributed by atoms with Crippen molar-refractivity contribution in [1.29, 1.82) is 0 Å². The van der Waals surface area contributed by atoms with Crippen LogP contribution in [0.3, 0.4) is 0 Å². The van der Waals surface area contributed by atoms with Crippen molar-refractivity contribution < 1.29 is 22.7 Å². The molecule has 0 radical (unpaired) electrons. The molecule has 1 unspecified atom stereocenters. The van der Waals surface area contributed by atoms with Crippen molar-refractivity contribution in [3.8, 4) is 0 Å². The number of piperidine rings is 1. The highest BCUT2D eigenvalue weighted by Gasteiger charge is 2.34. The molecule has 10 heteroatoms. The summed E-state index contributed by atoms with van der Waals surface area (Å²) in [4.78, 5) is 24.2. The molecule has 0 bridgehead atoms. The summed E-state index contributed by atoms with van der Waals surface area (Å²) in [6.07, 6.45) is 1.22. The summed E-state index contributed by atoms with van der Waals surface area (Å²) in [6, 6.07) is 4.49. The highest BCUT2D eigenvalue weighted by molar-refractivity contribution is 7.89. The van der Waals surface area contributed by atoms with Crippen LogP contribution >= 0.6 is 12.4 Å². The molecule has 1 aromatic carbocycles. The fourth-order valence-electron chi connectivity index (χ4n) is 3.07. The molecule has 1 heterocycles. The van der Waals surface area contributed by atoms with E-state index in [1.165, 1.54) is 10.4 Å². The maximum absolute atomic E-state index is 13.1. The Kier molecular flexibility index (Phi) is 9.35. The second-order valence-corrected chi connectivity index (χ2v) is 8.39. The molecule has 1 amide bonds. The highest BCUT2D eigenvalue weighted by Crippen LogP contribution is 2.26. The van der Waals surface area contributed by atoms with Crippen LogP contribution < -0.4 is 11.1 Å². The molecule has 0 aliphatic carbocycles. The average Bonchev–Trinajstić information content (AvgIpc) is 2.66. The first-order valence-corrected chi connectivity index (χ1v) is 10.5. The van der Waals surface area contributed by atoms with Gasteiger partial charge in [0.05, 0.1) is 23.0 Å². The summed E-state index contributed by atoms with van der Waals surface area (Å²) < 4.78 is 32.6. The summed E-state index contributed by atoms with van der Waals surface area (Å²) in [6.45, 7) is 4.72. The van der Waals surface area contributed by atoms with E-state index >= 15 is 0 Å². The third-order valence-electron chi connectivity index (χ3n) is 4.52. The van der Waals surface area contributed by atoms with Gasteiger partial charge in [-0.25, -0.2) is 13.2 Å². The molecule has 1 saturated heterocycles. The molecule has 1 fully saturated rings. The first-order chi connectivity index (χ1) is 12.8. The minimum atomic E-state index is -3.83. The average molecular weight is 434 g/mol. The Morgan fingerprint density at radius 3 is 2.71 bits per heavy atom. The maximum atomic E-state index is 13.1. The van der Waals surface area contributed by atoms with Crippen LogP contribution in [-0.2, 0) is 19.6 Å². The summed E-state index contributed by atoms with van der Waals surface area (Å²) in [5.74, 6) is -1.16. The summed E-state index contributed by atoms with van der Waals surface area (Å²) in [7, 11) is -3.83. The van der Waals surface area contributed by atoms with Gasteiger partial charge in [0.1, 0.15) is 0 Å². The Balaban J connectivity index is 0.00000392. The largest absolute Gasteiger partial charge is 0.462 e. The van der Waals surface area contributed by atoms with Gasteiger partial charge in [0.2, 0.25) is 15.9 Å². The third-order valence-corrected chi connectivity index (χ3v) is 6.52. The Labute approximate surface area is 172 Å². The molecule has 8 nitrogen and oxygen atoms in total. The van der Waals surface area contributed by atoms with Gasteiger partial charge in [-0.15, -0.1) is 12.4 Å². The van der Waals surface area contributed by atoms with Crippen LogP contribution in [0.15, 0.2) is 23.1 Å². The van der Waals surface area contributed by atoms with Gasteiger partial charge in [0.15, 0.2) is 0 Å². The Hall–Kier alpha value is -1.68. The smallest absolute Gasteiger partial charge is 0.338 e. The molecular weight excluding hydrogens is 406 g/mol.